The van der Waals surface area contributed by atoms with Crippen molar-refractivity contribution in [3.63, 3.8) is 0 Å². The van der Waals surface area contributed by atoms with Crippen molar-refractivity contribution in [2.75, 3.05) is 46.8 Å². The number of amides is 2. The van der Waals surface area contributed by atoms with Crippen LogP contribution in [0.5, 0.6) is 0 Å². The number of hydrogen-bond acceptors (Lipinski definition) is 4. The van der Waals surface area contributed by atoms with Gasteiger partial charge in [-0.05, 0) is 59.3 Å². The SMILES string of the molecule is CCNC(=NCC1(C(=O)N(C)C)CCCC1)NCC1CCCN(C(=O)OC(C)(C)C)C1. The van der Waals surface area contributed by atoms with Crippen LogP contribution < -0.4 is 10.6 Å². The molecule has 0 radical (unpaired) electrons. The molecule has 2 fully saturated rings. The van der Waals surface area contributed by atoms with Gasteiger partial charge < -0.3 is 25.2 Å². The summed E-state index contributed by atoms with van der Waals surface area (Å²) in [7, 11) is 3.66. The Balaban J connectivity index is 1.95. The lowest BCUT2D eigenvalue weighted by Gasteiger charge is -2.34. The Labute approximate surface area is 188 Å². The van der Waals surface area contributed by atoms with Crippen LogP contribution in [0, 0.1) is 11.3 Å². The molecular formula is C23H43N5O3. The van der Waals surface area contributed by atoms with E-state index < -0.39 is 5.60 Å². The van der Waals surface area contributed by atoms with Crippen LogP contribution in [0.3, 0.4) is 0 Å². The number of carbonyl (C=O) groups excluding carboxylic acids is 2. The van der Waals surface area contributed by atoms with Gasteiger partial charge >= 0.3 is 6.09 Å². The Kier molecular flexibility index (Phi) is 9.01. The molecule has 0 aromatic carbocycles. The number of carbonyl (C=O) groups is 2. The molecule has 2 aliphatic rings. The minimum absolute atomic E-state index is 0.185. The normalized spacial score (nSPS) is 21.5. The number of rotatable bonds is 6. The fourth-order valence-electron chi connectivity index (χ4n) is 4.50. The van der Waals surface area contributed by atoms with Gasteiger partial charge in [0.25, 0.3) is 0 Å². The van der Waals surface area contributed by atoms with Crippen LogP contribution in [0.1, 0.15) is 66.2 Å². The molecule has 1 aliphatic heterocycles. The maximum absolute atomic E-state index is 12.8. The van der Waals surface area contributed by atoms with Gasteiger partial charge in [-0.1, -0.05) is 12.8 Å². The second-order valence-corrected chi connectivity index (χ2v) is 10.2. The van der Waals surface area contributed by atoms with E-state index in [9.17, 15) is 9.59 Å². The molecule has 1 saturated heterocycles. The summed E-state index contributed by atoms with van der Waals surface area (Å²) in [5, 5.41) is 6.75. The highest BCUT2D eigenvalue weighted by Gasteiger charge is 2.42. The fourth-order valence-corrected chi connectivity index (χ4v) is 4.50. The first kappa shape index (κ1) is 25.3. The van der Waals surface area contributed by atoms with Crippen LogP contribution in [0.4, 0.5) is 4.79 Å². The predicted octanol–water partition coefficient (Wildman–Crippen LogP) is 2.84. The molecule has 1 unspecified atom stereocenters. The van der Waals surface area contributed by atoms with Crippen LogP contribution in [-0.2, 0) is 9.53 Å². The molecular weight excluding hydrogens is 394 g/mol. The highest BCUT2D eigenvalue weighted by molar-refractivity contribution is 5.84. The van der Waals surface area contributed by atoms with Gasteiger partial charge in [-0.25, -0.2) is 4.79 Å². The molecule has 2 N–H and O–H groups in total. The van der Waals surface area contributed by atoms with Gasteiger partial charge in [-0.3, -0.25) is 9.79 Å². The summed E-state index contributed by atoms with van der Waals surface area (Å²) < 4.78 is 5.53. The van der Waals surface area contributed by atoms with Crippen molar-refractivity contribution in [2.45, 2.75) is 71.8 Å². The molecule has 1 saturated carbocycles. The van der Waals surface area contributed by atoms with Crippen LogP contribution in [-0.4, -0.2) is 80.2 Å². The molecule has 0 aromatic rings. The Bertz CT molecular complexity index is 636. The van der Waals surface area contributed by atoms with E-state index >= 15 is 0 Å². The van der Waals surface area contributed by atoms with Crippen LogP contribution in [0.15, 0.2) is 4.99 Å². The van der Waals surface area contributed by atoms with Crippen LogP contribution in [0.25, 0.3) is 0 Å². The fraction of sp³-hybridized carbons (Fsp3) is 0.870. The molecule has 8 nitrogen and oxygen atoms in total. The third-order valence-corrected chi connectivity index (χ3v) is 6.03. The average Bonchev–Trinajstić information content (AvgIpc) is 3.18. The van der Waals surface area contributed by atoms with Crippen molar-refractivity contribution in [3.05, 3.63) is 0 Å². The second kappa shape index (κ2) is 11.0. The van der Waals surface area contributed by atoms with Gasteiger partial charge in [-0.2, -0.15) is 0 Å². The van der Waals surface area contributed by atoms with Gasteiger partial charge in [0.1, 0.15) is 5.60 Å². The summed E-state index contributed by atoms with van der Waals surface area (Å²) in [6.07, 6.45) is 5.78. The lowest BCUT2D eigenvalue weighted by Crippen LogP contribution is -2.47. The van der Waals surface area contributed by atoms with Crippen molar-refractivity contribution in [3.8, 4) is 0 Å². The number of aliphatic imine (C=N–C) groups is 1. The molecule has 1 aliphatic carbocycles. The van der Waals surface area contributed by atoms with Gasteiger partial charge in [0.2, 0.25) is 5.91 Å². The molecule has 2 amide bonds. The molecule has 0 aromatic heterocycles. The van der Waals surface area contributed by atoms with Gasteiger partial charge in [-0.15, -0.1) is 0 Å². The lowest BCUT2D eigenvalue weighted by atomic mass is 9.85. The summed E-state index contributed by atoms with van der Waals surface area (Å²) >= 11 is 0. The van der Waals surface area contributed by atoms with E-state index in [2.05, 4.69) is 10.6 Å². The predicted molar refractivity (Wildman–Crippen MR) is 124 cm³/mol. The summed E-state index contributed by atoms with van der Waals surface area (Å²) in [6, 6.07) is 0. The van der Waals surface area contributed by atoms with Crippen molar-refractivity contribution in [2.24, 2.45) is 16.3 Å². The van der Waals surface area contributed by atoms with E-state index in [0.29, 0.717) is 19.0 Å². The molecule has 1 heterocycles. The second-order valence-electron chi connectivity index (χ2n) is 10.2. The molecule has 1 atom stereocenters. The lowest BCUT2D eigenvalue weighted by molar-refractivity contribution is -0.138. The zero-order valence-corrected chi connectivity index (χ0v) is 20.4. The monoisotopic (exact) mass is 437 g/mol. The van der Waals surface area contributed by atoms with Gasteiger partial charge in [0.15, 0.2) is 5.96 Å². The number of hydrogen-bond donors (Lipinski definition) is 2. The minimum atomic E-state index is -0.479. The topological polar surface area (TPSA) is 86.3 Å². The Morgan fingerprint density at radius 1 is 1.16 bits per heavy atom. The Hall–Kier alpha value is -1.99. The van der Waals surface area contributed by atoms with Gasteiger partial charge in [0.05, 0.1) is 12.0 Å². The molecule has 8 heteroatoms. The number of ether oxygens (including phenoxy) is 1. The van der Waals surface area contributed by atoms with E-state index in [1.807, 2.05) is 46.7 Å². The van der Waals surface area contributed by atoms with Crippen molar-refractivity contribution in [1.29, 1.82) is 0 Å². The number of guanidine groups is 1. The summed E-state index contributed by atoms with van der Waals surface area (Å²) in [6.45, 7) is 11.2. The van der Waals surface area contributed by atoms with E-state index in [1.165, 1.54) is 0 Å². The van der Waals surface area contributed by atoms with E-state index in [-0.39, 0.29) is 17.4 Å². The first-order valence-corrected chi connectivity index (χ1v) is 11.8. The zero-order valence-electron chi connectivity index (χ0n) is 20.4. The smallest absolute Gasteiger partial charge is 0.410 e. The average molecular weight is 438 g/mol. The summed E-state index contributed by atoms with van der Waals surface area (Å²) in [4.78, 5) is 33.5. The first-order chi connectivity index (χ1) is 14.6. The first-order valence-electron chi connectivity index (χ1n) is 11.8. The third-order valence-electron chi connectivity index (χ3n) is 6.03. The Morgan fingerprint density at radius 3 is 2.42 bits per heavy atom. The maximum Gasteiger partial charge on any atom is 0.410 e. The molecule has 0 spiro atoms. The van der Waals surface area contributed by atoms with Crippen LogP contribution >= 0.6 is 0 Å². The van der Waals surface area contributed by atoms with E-state index in [4.69, 9.17) is 9.73 Å². The molecule has 31 heavy (non-hydrogen) atoms. The van der Waals surface area contributed by atoms with Crippen molar-refractivity contribution in [1.82, 2.24) is 20.4 Å². The highest BCUT2D eigenvalue weighted by atomic mass is 16.6. The number of piperidine rings is 1. The Morgan fingerprint density at radius 2 is 1.84 bits per heavy atom. The molecule has 2 rings (SSSR count). The number of likely N-dealkylation sites (tertiary alicyclic amines) is 1. The molecule has 178 valence electrons. The largest absolute Gasteiger partial charge is 0.444 e. The third kappa shape index (κ3) is 7.58. The zero-order chi connectivity index (χ0) is 23.1. The van der Waals surface area contributed by atoms with Crippen molar-refractivity contribution < 1.29 is 14.3 Å². The minimum Gasteiger partial charge on any atom is -0.444 e. The quantitative estimate of drug-likeness (QED) is 0.493. The van der Waals surface area contributed by atoms with Crippen LogP contribution in [0.2, 0.25) is 0 Å². The number of nitrogens with zero attached hydrogens (tertiary/aromatic N) is 3. The van der Waals surface area contributed by atoms with Crippen molar-refractivity contribution >= 4 is 18.0 Å². The summed E-state index contributed by atoms with van der Waals surface area (Å²) in [5.74, 6) is 1.27. The maximum atomic E-state index is 12.8. The molecule has 0 bridgehead atoms. The van der Waals surface area contributed by atoms with E-state index in [0.717, 1.165) is 64.1 Å². The van der Waals surface area contributed by atoms with Gasteiger partial charge in [0, 0.05) is 40.3 Å². The number of nitrogens with one attached hydrogen (secondary N) is 2. The van der Waals surface area contributed by atoms with E-state index in [1.54, 1.807) is 4.90 Å². The highest BCUT2D eigenvalue weighted by Crippen LogP contribution is 2.39. The standard InChI is InChI=1S/C23H43N5O3/c1-7-24-20(26-17-23(12-8-9-13-23)19(29)27(5)6)25-15-18-11-10-14-28(16-18)21(30)31-22(2,3)4/h18H,7-17H2,1-6H3,(H2,24,25,26). The summed E-state index contributed by atoms with van der Waals surface area (Å²) in [5.41, 5.74) is -0.850.